The van der Waals surface area contributed by atoms with E-state index in [0.29, 0.717) is 5.52 Å². The number of esters is 1. The minimum Gasteiger partial charge on any atom is -0.495 e. The average Bonchev–Trinajstić information content (AvgIpc) is 2.73. The molecule has 1 aromatic heterocycles. The van der Waals surface area contributed by atoms with Crippen LogP contribution in [0.5, 0.6) is 5.75 Å². The van der Waals surface area contributed by atoms with Crippen LogP contribution >= 0.6 is 0 Å². The van der Waals surface area contributed by atoms with Gasteiger partial charge in [0.05, 0.1) is 23.2 Å². The Morgan fingerprint density at radius 2 is 1.90 bits per heavy atom. The topological polar surface area (TPSA) is 121 Å². The summed E-state index contributed by atoms with van der Waals surface area (Å²) in [5, 5.41) is 14.3. The lowest BCUT2D eigenvalue weighted by Gasteiger charge is -2.15. The standard InChI is InChI=1S/C20H17N3O6/c1-12(19(24)22-17-11-14(23(26)27)8-10-18(17)28-2)29-20(25)16-9-7-13-5-3-4-6-15(13)21-16/h3-12H,1-2H3,(H,22,24)/t12-/m0/s1. The number of nitrogens with one attached hydrogen (secondary N) is 1. The number of hydrogen-bond donors (Lipinski definition) is 1. The first-order valence-corrected chi connectivity index (χ1v) is 8.59. The number of para-hydroxylation sites is 1. The quantitative estimate of drug-likeness (QED) is 0.386. The summed E-state index contributed by atoms with van der Waals surface area (Å²) in [6, 6.07) is 14.3. The van der Waals surface area contributed by atoms with Gasteiger partial charge in [-0.3, -0.25) is 14.9 Å². The molecule has 0 saturated carbocycles. The number of benzene rings is 2. The highest BCUT2D eigenvalue weighted by atomic mass is 16.6. The van der Waals surface area contributed by atoms with Crippen LogP contribution in [0.25, 0.3) is 10.9 Å². The molecule has 9 nitrogen and oxygen atoms in total. The first-order valence-electron chi connectivity index (χ1n) is 8.59. The number of methoxy groups -OCH3 is 1. The van der Waals surface area contributed by atoms with E-state index in [1.165, 1.54) is 32.2 Å². The maximum Gasteiger partial charge on any atom is 0.357 e. The lowest BCUT2D eigenvalue weighted by molar-refractivity contribution is -0.384. The molecular formula is C20H17N3O6. The molecule has 0 aliphatic rings. The van der Waals surface area contributed by atoms with Crippen LogP contribution in [0.4, 0.5) is 11.4 Å². The van der Waals surface area contributed by atoms with Crippen molar-refractivity contribution in [1.82, 2.24) is 4.98 Å². The molecule has 29 heavy (non-hydrogen) atoms. The summed E-state index contributed by atoms with van der Waals surface area (Å²) in [6.45, 7) is 1.39. The molecule has 0 unspecified atom stereocenters. The van der Waals surface area contributed by atoms with E-state index < -0.39 is 22.9 Å². The second kappa shape index (κ2) is 8.34. The summed E-state index contributed by atoms with van der Waals surface area (Å²) >= 11 is 0. The Kier molecular flexibility index (Phi) is 5.68. The fraction of sp³-hybridized carbons (Fsp3) is 0.150. The largest absolute Gasteiger partial charge is 0.495 e. The number of carbonyl (C=O) groups excluding carboxylic acids is 2. The van der Waals surface area contributed by atoms with Gasteiger partial charge in [0.25, 0.3) is 11.6 Å². The van der Waals surface area contributed by atoms with Crippen LogP contribution in [0.1, 0.15) is 17.4 Å². The third-order valence-corrected chi connectivity index (χ3v) is 4.11. The number of hydrogen-bond acceptors (Lipinski definition) is 7. The highest BCUT2D eigenvalue weighted by Crippen LogP contribution is 2.29. The molecule has 3 rings (SSSR count). The summed E-state index contributed by atoms with van der Waals surface area (Å²) in [5.41, 5.74) is 0.571. The summed E-state index contributed by atoms with van der Waals surface area (Å²) in [5.74, 6) is -1.19. The summed E-state index contributed by atoms with van der Waals surface area (Å²) in [4.78, 5) is 39.3. The Hall–Kier alpha value is -4.01. The number of non-ortho nitro benzene ring substituents is 1. The van der Waals surface area contributed by atoms with Gasteiger partial charge in [0.15, 0.2) is 6.10 Å². The van der Waals surface area contributed by atoms with Gasteiger partial charge in [-0.15, -0.1) is 0 Å². The number of rotatable bonds is 6. The van der Waals surface area contributed by atoms with Gasteiger partial charge in [-0.25, -0.2) is 9.78 Å². The van der Waals surface area contributed by atoms with E-state index in [1.807, 2.05) is 12.1 Å². The van der Waals surface area contributed by atoms with Gasteiger partial charge in [0.2, 0.25) is 0 Å². The number of anilines is 1. The zero-order valence-corrected chi connectivity index (χ0v) is 15.6. The molecule has 0 saturated heterocycles. The molecule has 0 radical (unpaired) electrons. The Labute approximate surface area is 165 Å². The van der Waals surface area contributed by atoms with Crippen LogP contribution in [-0.4, -0.2) is 35.0 Å². The molecule has 0 spiro atoms. The highest BCUT2D eigenvalue weighted by molar-refractivity contribution is 5.98. The van der Waals surface area contributed by atoms with Crippen LogP contribution in [0.15, 0.2) is 54.6 Å². The van der Waals surface area contributed by atoms with Crippen LogP contribution < -0.4 is 10.1 Å². The predicted molar refractivity (Wildman–Crippen MR) is 105 cm³/mol. The van der Waals surface area contributed by atoms with Crippen LogP contribution in [-0.2, 0) is 9.53 Å². The lowest BCUT2D eigenvalue weighted by atomic mass is 10.2. The SMILES string of the molecule is COc1ccc([N+](=O)[O-])cc1NC(=O)[C@H](C)OC(=O)c1ccc2ccccc2n1. The molecule has 9 heteroatoms. The fourth-order valence-corrected chi connectivity index (χ4v) is 2.60. The maximum absolute atomic E-state index is 12.4. The van der Waals surface area contributed by atoms with Crippen LogP contribution in [0.2, 0.25) is 0 Å². The number of ether oxygens (including phenoxy) is 2. The highest BCUT2D eigenvalue weighted by Gasteiger charge is 2.22. The van der Waals surface area contributed by atoms with Gasteiger partial charge in [-0.2, -0.15) is 0 Å². The van der Waals surface area contributed by atoms with Crippen molar-refractivity contribution in [1.29, 1.82) is 0 Å². The zero-order chi connectivity index (χ0) is 21.0. The number of carbonyl (C=O) groups is 2. The molecular weight excluding hydrogens is 378 g/mol. The Balaban J connectivity index is 1.72. The smallest absolute Gasteiger partial charge is 0.357 e. The molecule has 3 aromatic rings. The Morgan fingerprint density at radius 3 is 2.62 bits per heavy atom. The van der Waals surface area contributed by atoms with Crippen molar-refractivity contribution >= 4 is 34.2 Å². The summed E-state index contributed by atoms with van der Waals surface area (Å²) in [6.07, 6.45) is -1.17. The van der Waals surface area contributed by atoms with Crippen LogP contribution in [0.3, 0.4) is 0 Å². The van der Waals surface area contributed by atoms with Gasteiger partial charge < -0.3 is 14.8 Å². The molecule has 1 amide bonds. The first kappa shape index (κ1) is 19.7. The van der Waals surface area contributed by atoms with Crippen molar-refractivity contribution < 1.29 is 24.0 Å². The lowest BCUT2D eigenvalue weighted by Crippen LogP contribution is -2.30. The number of pyridine rings is 1. The minimum atomic E-state index is -1.17. The van der Waals surface area contributed by atoms with Gasteiger partial charge >= 0.3 is 5.97 Å². The fourth-order valence-electron chi connectivity index (χ4n) is 2.60. The van der Waals surface area contributed by atoms with Gasteiger partial charge in [-0.1, -0.05) is 24.3 Å². The van der Waals surface area contributed by atoms with Crippen molar-refractivity contribution in [2.75, 3.05) is 12.4 Å². The minimum absolute atomic E-state index is 0.0660. The van der Waals surface area contributed by atoms with Gasteiger partial charge in [-0.05, 0) is 25.1 Å². The number of nitro groups is 1. The zero-order valence-electron chi connectivity index (χ0n) is 15.6. The molecule has 0 aliphatic heterocycles. The summed E-state index contributed by atoms with van der Waals surface area (Å²) < 4.78 is 10.3. The van der Waals surface area contributed by atoms with Crippen LogP contribution in [0, 0.1) is 10.1 Å². The Bertz CT molecular complexity index is 1100. The molecule has 1 heterocycles. The molecule has 0 bridgehead atoms. The third kappa shape index (κ3) is 4.46. The molecule has 2 aromatic carbocycles. The van der Waals surface area contributed by atoms with Gasteiger partial charge in [0.1, 0.15) is 11.4 Å². The number of aromatic nitrogens is 1. The second-order valence-corrected chi connectivity index (χ2v) is 6.07. The van der Waals surface area contributed by atoms with Crippen molar-refractivity contribution in [2.45, 2.75) is 13.0 Å². The van der Waals surface area contributed by atoms with E-state index in [1.54, 1.807) is 18.2 Å². The van der Waals surface area contributed by atoms with Crippen molar-refractivity contribution in [3.05, 3.63) is 70.4 Å². The third-order valence-electron chi connectivity index (χ3n) is 4.11. The normalized spacial score (nSPS) is 11.5. The molecule has 1 N–H and O–H groups in total. The molecule has 148 valence electrons. The maximum atomic E-state index is 12.4. The molecule has 0 fully saturated rings. The van der Waals surface area contributed by atoms with E-state index in [2.05, 4.69) is 10.3 Å². The monoisotopic (exact) mass is 395 g/mol. The number of amides is 1. The van der Waals surface area contributed by atoms with Crippen molar-refractivity contribution in [2.24, 2.45) is 0 Å². The Morgan fingerprint density at radius 1 is 1.14 bits per heavy atom. The molecule has 0 aliphatic carbocycles. The van der Waals surface area contributed by atoms with E-state index >= 15 is 0 Å². The van der Waals surface area contributed by atoms with E-state index in [9.17, 15) is 19.7 Å². The molecule has 1 atom stereocenters. The van der Waals surface area contributed by atoms with E-state index in [4.69, 9.17) is 9.47 Å². The summed E-state index contributed by atoms with van der Waals surface area (Å²) in [7, 11) is 1.37. The number of nitro benzene ring substituents is 1. The van der Waals surface area contributed by atoms with E-state index in [-0.39, 0.29) is 22.8 Å². The number of fused-ring (bicyclic) bond motifs is 1. The average molecular weight is 395 g/mol. The predicted octanol–water partition coefficient (Wildman–Crippen LogP) is 3.34. The van der Waals surface area contributed by atoms with E-state index in [0.717, 1.165) is 11.5 Å². The van der Waals surface area contributed by atoms with Crippen molar-refractivity contribution in [3.8, 4) is 5.75 Å². The van der Waals surface area contributed by atoms with Crippen molar-refractivity contribution in [3.63, 3.8) is 0 Å². The second-order valence-electron chi connectivity index (χ2n) is 6.07. The number of nitrogens with zero attached hydrogens (tertiary/aromatic N) is 2. The van der Waals surface area contributed by atoms with Gasteiger partial charge in [0, 0.05) is 17.5 Å². The first-order chi connectivity index (χ1) is 13.9.